The molecule has 0 saturated heterocycles. The topological polar surface area (TPSA) is 74.2 Å². The first-order valence-corrected chi connectivity index (χ1v) is 7.74. The van der Waals surface area contributed by atoms with Gasteiger partial charge in [-0.1, -0.05) is 34.9 Å². The smallest absolute Gasteiger partial charge is 0.229 e. The fourth-order valence-corrected chi connectivity index (χ4v) is 2.26. The van der Waals surface area contributed by atoms with Gasteiger partial charge in [0.15, 0.2) is 6.61 Å². The lowest BCUT2D eigenvalue weighted by Gasteiger charge is -2.10. The summed E-state index contributed by atoms with van der Waals surface area (Å²) in [5.41, 5.74) is 6.97. The van der Waals surface area contributed by atoms with Crippen molar-refractivity contribution >= 4 is 15.9 Å². The maximum Gasteiger partial charge on any atom is 0.229 e. The number of nitrogens with zero attached hydrogens (tertiary/aromatic N) is 2. The maximum atomic E-state index is 5.85. The first-order chi connectivity index (χ1) is 9.95. The number of hydrogen-bond acceptors (Lipinski definition) is 5. The van der Waals surface area contributed by atoms with E-state index >= 15 is 0 Å². The molecule has 0 aliphatic carbocycles. The largest absolute Gasteiger partial charge is 0.485 e. The zero-order valence-corrected chi connectivity index (χ0v) is 14.1. The van der Waals surface area contributed by atoms with E-state index in [0.717, 1.165) is 22.2 Å². The highest BCUT2D eigenvalue weighted by atomic mass is 79.9. The summed E-state index contributed by atoms with van der Waals surface area (Å²) in [4.78, 5) is 4.28. The van der Waals surface area contributed by atoms with Gasteiger partial charge in [-0.25, -0.2) is 0 Å². The summed E-state index contributed by atoms with van der Waals surface area (Å²) in [5, 5.41) is 3.90. The third-order valence-corrected chi connectivity index (χ3v) is 3.68. The third-order valence-electron chi connectivity index (χ3n) is 2.90. The Bertz CT molecular complexity index is 596. The molecule has 0 fully saturated rings. The monoisotopic (exact) mass is 353 g/mol. The molecule has 1 unspecified atom stereocenters. The van der Waals surface area contributed by atoms with Crippen molar-refractivity contribution in [2.45, 2.75) is 45.8 Å². The molecular weight excluding hydrogens is 334 g/mol. The van der Waals surface area contributed by atoms with Crippen LogP contribution in [0.3, 0.4) is 0 Å². The van der Waals surface area contributed by atoms with Crippen molar-refractivity contribution in [2.24, 2.45) is 5.73 Å². The highest BCUT2D eigenvalue weighted by molar-refractivity contribution is 9.10. The fourth-order valence-electron chi connectivity index (χ4n) is 1.85. The summed E-state index contributed by atoms with van der Waals surface area (Å²) in [6.07, 6.45) is 0.789. The van der Waals surface area contributed by atoms with Crippen LogP contribution in [0.2, 0.25) is 0 Å². The Kier molecular flexibility index (Phi) is 5.36. The summed E-state index contributed by atoms with van der Waals surface area (Å²) in [6, 6.07) is 5.94. The van der Waals surface area contributed by atoms with Gasteiger partial charge in [-0.15, -0.1) is 0 Å². The normalized spacial score (nSPS) is 12.7. The molecule has 0 bridgehead atoms. The van der Waals surface area contributed by atoms with Crippen LogP contribution < -0.4 is 10.5 Å². The Morgan fingerprint density at radius 3 is 2.71 bits per heavy atom. The van der Waals surface area contributed by atoms with E-state index in [2.05, 4.69) is 26.1 Å². The van der Waals surface area contributed by atoms with Crippen molar-refractivity contribution in [3.63, 3.8) is 0 Å². The fraction of sp³-hybridized carbons (Fsp3) is 0.467. The number of ether oxygens (including phenoxy) is 1. The molecule has 0 amide bonds. The Morgan fingerprint density at radius 1 is 1.33 bits per heavy atom. The van der Waals surface area contributed by atoms with E-state index in [1.54, 1.807) is 0 Å². The molecule has 2 N–H and O–H groups in total. The second-order valence-corrected chi connectivity index (χ2v) is 6.28. The minimum absolute atomic E-state index is 0.0994. The van der Waals surface area contributed by atoms with E-state index in [0.29, 0.717) is 11.7 Å². The van der Waals surface area contributed by atoms with Crippen molar-refractivity contribution in [3.8, 4) is 5.75 Å². The van der Waals surface area contributed by atoms with Crippen molar-refractivity contribution in [1.82, 2.24) is 10.1 Å². The first-order valence-electron chi connectivity index (χ1n) is 6.95. The van der Waals surface area contributed by atoms with Gasteiger partial charge in [0.2, 0.25) is 11.7 Å². The molecule has 6 heteroatoms. The van der Waals surface area contributed by atoms with Crippen molar-refractivity contribution in [3.05, 3.63) is 40.0 Å². The molecule has 114 valence electrons. The van der Waals surface area contributed by atoms with E-state index < -0.39 is 0 Å². The second kappa shape index (κ2) is 7.04. The van der Waals surface area contributed by atoms with Gasteiger partial charge in [0.25, 0.3) is 0 Å². The van der Waals surface area contributed by atoms with E-state index in [1.165, 1.54) is 0 Å². The van der Waals surface area contributed by atoms with Gasteiger partial charge < -0.3 is 15.0 Å². The number of nitrogens with two attached hydrogens (primary N) is 1. The van der Waals surface area contributed by atoms with Crippen LogP contribution in [0.25, 0.3) is 0 Å². The first kappa shape index (κ1) is 16.0. The Labute approximate surface area is 133 Å². The lowest BCUT2D eigenvalue weighted by Crippen LogP contribution is -2.18. The average Bonchev–Trinajstić information content (AvgIpc) is 2.88. The molecule has 1 aromatic heterocycles. The van der Waals surface area contributed by atoms with E-state index in [-0.39, 0.29) is 18.6 Å². The number of halogens is 1. The van der Waals surface area contributed by atoms with Gasteiger partial charge in [-0.3, -0.25) is 0 Å². The van der Waals surface area contributed by atoms with Crippen LogP contribution in [0.15, 0.2) is 27.2 Å². The number of hydrogen-bond donors (Lipinski definition) is 1. The number of benzene rings is 1. The predicted molar refractivity (Wildman–Crippen MR) is 84.2 cm³/mol. The maximum absolute atomic E-state index is 5.85. The minimum atomic E-state index is 0.0994. The summed E-state index contributed by atoms with van der Waals surface area (Å²) in [6.45, 7) is 6.28. The standard InChI is InChI=1S/C15H20BrN3O2/c1-9(2)15-18-14(19-21-15)8-20-12-4-5-13(16)11(7-12)6-10(3)17/h4-5,7,9-10H,6,8,17H2,1-3H3. The van der Waals surface area contributed by atoms with Crippen molar-refractivity contribution < 1.29 is 9.26 Å². The molecule has 1 aromatic carbocycles. The quantitative estimate of drug-likeness (QED) is 0.860. The summed E-state index contributed by atoms with van der Waals surface area (Å²) in [7, 11) is 0. The summed E-state index contributed by atoms with van der Waals surface area (Å²) in [5.74, 6) is 2.17. The molecule has 21 heavy (non-hydrogen) atoms. The van der Waals surface area contributed by atoms with Gasteiger partial charge in [0, 0.05) is 16.4 Å². The highest BCUT2D eigenvalue weighted by Crippen LogP contribution is 2.24. The van der Waals surface area contributed by atoms with Gasteiger partial charge in [0.1, 0.15) is 5.75 Å². The lowest BCUT2D eigenvalue weighted by molar-refractivity contribution is 0.284. The van der Waals surface area contributed by atoms with Crippen LogP contribution in [0.1, 0.15) is 44.0 Å². The summed E-state index contributed by atoms with van der Waals surface area (Å²) < 4.78 is 11.9. The summed E-state index contributed by atoms with van der Waals surface area (Å²) >= 11 is 3.52. The Morgan fingerprint density at radius 2 is 2.10 bits per heavy atom. The van der Waals surface area contributed by atoms with E-state index in [1.807, 2.05) is 39.0 Å². The molecule has 2 aromatic rings. The second-order valence-electron chi connectivity index (χ2n) is 5.43. The van der Waals surface area contributed by atoms with Crippen LogP contribution in [0.5, 0.6) is 5.75 Å². The van der Waals surface area contributed by atoms with Crippen LogP contribution in [0, 0.1) is 0 Å². The van der Waals surface area contributed by atoms with Gasteiger partial charge in [0.05, 0.1) is 0 Å². The van der Waals surface area contributed by atoms with Gasteiger partial charge in [-0.05, 0) is 37.1 Å². The molecule has 0 saturated carbocycles. The minimum Gasteiger partial charge on any atom is -0.485 e. The van der Waals surface area contributed by atoms with Crippen molar-refractivity contribution in [2.75, 3.05) is 0 Å². The van der Waals surface area contributed by atoms with Crippen LogP contribution in [-0.4, -0.2) is 16.2 Å². The molecule has 0 aliphatic heterocycles. The van der Waals surface area contributed by atoms with Crippen molar-refractivity contribution in [1.29, 1.82) is 0 Å². The molecule has 0 spiro atoms. The van der Waals surface area contributed by atoms with E-state index in [4.69, 9.17) is 15.0 Å². The number of aromatic nitrogens is 2. The van der Waals surface area contributed by atoms with E-state index in [9.17, 15) is 0 Å². The zero-order chi connectivity index (χ0) is 15.4. The highest BCUT2D eigenvalue weighted by Gasteiger charge is 2.11. The Balaban J connectivity index is 2.02. The Hall–Kier alpha value is -1.40. The molecule has 0 radical (unpaired) electrons. The zero-order valence-electron chi connectivity index (χ0n) is 12.5. The molecule has 5 nitrogen and oxygen atoms in total. The third kappa shape index (κ3) is 4.54. The van der Waals surface area contributed by atoms with Crippen LogP contribution in [0.4, 0.5) is 0 Å². The lowest BCUT2D eigenvalue weighted by atomic mass is 10.1. The van der Waals surface area contributed by atoms with Crippen LogP contribution >= 0.6 is 15.9 Å². The molecular formula is C15H20BrN3O2. The molecule has 1 atom stereocenters. The number of rotatable bonds is 6. The molecule has 1 heterocycles. The molecule has 2 rings (SSSR count). The van der Waals surface area contributed by atoms with Gasteiger partial charge in [-0.2, -0.15) is 4.98 Å². The predicted octanol–water partition coefficient (Wildman–Crippen LogP) is 3.42. The van der Waals surface area contributed by atoms with Crippen LogP contribution in [-0.2, 0) is 13.0 Å². The van der Waals surface area contributed by atoms with Gasteiger partial charge >= 0.3 is 0 Å². The average molecular weight is 354 g/mol. The molecule has 0 aliphatic rings. The SMILES string of the molecule is CC(N)Cc1cc(OCc2noc(C(C)C)n2)ccc1Br.